The van der Waals surface area contributed by atoms with E-state index in [4.69, 9.17) is 14.4 Å². The van der Waals surface area contributed by atoms with Crippen molar-refractivity contribution in [3.63, 3.8) is 0 Å². The monoisotopic (exact) mass is 771 g/mol. The van der Waals surface area contributed by atoms with Gasteiger partial charge in [-0.25, -0.2) is 9.97 Å². The second-order valence-corrected chi connectivity index (χ2v) is 16.2. The minimum Gasteiger partial charge on any atom is -0.456 e. The number of hydrogen-bond donors (Lipinski definition) is 0. The van der Waals surface area contributed by atoms with Crippen LogP contribution in [0.25, 0.3) is 79.1 Å². The third-order valence-corrected chi connectivity index (χ3v) is 13.0. The van der Waals surface area contributed by atoms with Gasteiger partial charge >= 0.3 is 0 Å². The molecule has 4 nitrogen and oxygen atoms in total. The molecule has 5 heteroatoms. The van der Waals surface area contributed by atoms with E-state index in [0.29, 0.717) is 5.82 Å². The maximum atomic E-state index is 6.64. The molecule has 1 aliphatic carbocycles. The molecule has 0 amide bonds. The predicted octanol–water partition coefficient (Wildman–Crippen LogP) is 13.8. The minimum atomic E-state index is -0.683. The highest BCUT2D eigenvalue weighted by molar-refractivity contribution is 7.99. The maximum Gasteiger partial charge on any atom is 0.160 e. The fourth-order valence-electron chi connectivity index (χ4n) is 9.16. The molecule has 0 bridgehead atoms. The average Bonchev–Trinajstić information content (AvgIpc) is 3.60. The van der Waals surface area contributed by atoms with Crippen molar-refractivity contribution >= 4 is 45.9 Å². The molecule has 59 heavy (non-hydrogen) atoms. The smallest absolute Gasteiger partial charge is 0.160 e. The van der Waals surface area contributed by atoms with Gasteiger partial charge in [-0.1, -0.05) is 157 Å². The summed E-state index contributed by atoms with van der Waals surface area (Å²) < 4.78 is 6.64. The summed E-state index contributed by atoms with van der Waals surface area (Å²) in [6.45, 7) is 0. The summed E-state index contributed by atoms with van der Waals surface area (Å²) in [4.78, 5) is 17.4. The quantitative estimate of drug-likeness (QED) is 0.178. The number of aromatic nitrogens is 3. The van der Waals surface area contributed by atoms with Gasteiger partial charge in [0.25, 0.3) is 0 Å². The zero-order chi connectivity index (χ0) is 38.9. The van der Waals surface area contributed by atoms with Crippen molar-refractivity contribution in [2.24, 2.45) is 0 Å². The molecule has 4 heterocycles. The van der Waals surface area contributed by atoms with Gasteiger partial charge in [0, 0.05) is 49.6 Å². The van der Waals surface area contributed by atoms with Crippen LogP contribution in [-0.4, -0.2) is 15.0 Å². The SMILES string of the molecule is C1=Cc2ccc(-c3nc(-c4ccccc4)cc(-c4ccc(-c5cccnc5)cc4)n3)cc2C2(c3ccccc31)c1ccccc1Sc1cc3c(cc12)oc1ccccc13. The second kappa shape index (κ2) is 13.4. The first-order valence-electron chi connectivity index (χ1n) is 19.8. The molecule has 0 fully saturated rings. The van der Waals surface area contributed by atoms with Crippen LogP contribution in [0.5, 0.6) is 0 Å². The first kappa shape index (κ1) is 33.8. The van der Waals surface area contributed by atoms with Gasteiger partial charge in [0.1, 0.15) is 11.2 Å². The fourth-order valence-corrected chi connectivity index (χ4v) is 10.4. The first-order chi connectivity index (χ1) is 29.2. The van der Waals surface area contributed by atoms with E-state index in [9.17, 15) is 0 Å². The normalized spacial score (nSPS) is 15.1. The Labute approximate surface area is 345 Å². The Kier molecular flexibility index (Phi) is 7.65. The van der Waals surface area contributed by atoms with Crippen molar-refractivity contribution in [3.05, 3.63) is 222 Å². The van der Waals surface area contributed by atoms with Crippen LogP contribution in [0.3, 0.4) is 0 Å². The lowest BCUT2D eigenvalue weighted by molar-refractivity contribution is 0.659. The molecule has 1 unspecified atom stereocenters. The summed E-state index contributed by atoms with van der Waals surface area (Å²) in [6, 6.07) is 62.6. The molecule has 0 saturated carbocycles. The van der Waals surface area contributed by atoms with E-state index in [-0.39, 0.29) is 0 Å². The van der Waals surface area contributed by atoms with Gasteiger partial charge in [-0.3, -0.25) is 4.98 Å². The van der Waals surface area contributed by atoms with E-state index < -0.39 is 5.41 Å². The number of nitrogens with zero attached hydrogens (tertiary/aromatic N) is 3. The van der Waals surface area contributed by atoms with E-state index in [1.807, 2.05) is 36.2 Å². The molecule has 1 aliphatic heterocycles. The largest absolute Gasteiger partial charge is 0.456 e. The molecule has 3 aromatic heterocycles. The number of pyridine rings is 1. The summed E-state index contributed by atoms with van der Waals surface area (Å²) in [7, 11) is 0. The van der Waals surface area contributed by atoms with Crippen LogP contribution in [0.1, 0.15) is 33.4 Å². The number of para-hydroxylation sites is 1. The zero-order valence-corrected chi connectivity index (χ0v) is 32.5. The minimum absolute atomic E-state index is 0.670. The third kappa shape index (κ3) is 5.36. The van der Waals surface area contributed by atoms with Gasteiger partial charge in [0.05, 0.1) is 16.8 Å². The Morgan fingerprint density at radius 1 is 0.424 bits per heavy atom. The number of benzene rings is 7. The summed E-state index contributed by atoms with van der Waals surface area (Å²) in [6.07, 6.45) is 8.24. The molecule has 1 spiro atoms. The molecule has 1 atom stereocenters. The van der Waals surface area contributed by atoms with E-state index in [1.54, 1.807) is 6.20 Å². The van der Waals surface area contributed by atoms with Gasteiger partial charge < -0.3 is 4.42 Å². The number of hydrogen-bond acceptors (Lipinski definition) is 5. The molecular formula is C54H33N3OS. The van der Waals surface area contributed by atoms with Gasteiger partial charge in [-0.2, -0.15) is 0 Å². The predicted molar refractivity (Wildman–Crippen MR) is 240 cm³/mol. The topological polar surface area (TPSA) is 51.8 Å². The molecule has 0 radical (unpaired) electrons. The highest BCUT2D eigenvalue weighted by Gasteiger charge is 2.47. The molecule has 0 N–H and O–H groups in total. The zero-order valence-electron chi connectivity index (χ0n) is 31.7. The standard InChI is InChI=1S/C54H33N3OS/c1-2-12-37(13-3-1)47-32-48(38-25-20-34(21-26-38)40-14-10-28-55-33-40)57-53(56-47)39-27-24-36-23-22-35-11-4-6-16-43(35)54(45(36)29-39)44-17-7-9-19-51(44)59-52-30-42-41-15-5-8-18-49(41)58-50(42)31-46(52)54/h1-33H. The third-order valence-electron chi connectivity index (χ3n) is 11.9. The highest BCUT2D eigenvalue weighted by Crippen LogP contribution is 2.59. The van der Waals surface area contributed by atoms with Crippen LogP contribution in [0.15, 0.2) is 203 Å². The van der Waals surface area contributed by atoms with E-state index in [2.05, 4.69) is 175 Å². The number of fused-ring (bicyclic) bond motifs is 11. The Balaban J connectivity index is 1.11. The lowest BCUT2D eigenvalue weighted by Gasteiger charge is -2.42. The van der Waals surface area contributed by atoms with Gasteiger partial charge in [-0.15, -0.1) is 0 Å². The van der Waals surface area contributed by atoms with Crippen LogP contribution >= 0.6 is 11.8 Å². The Morgan fingerprint density at radius 2 is 1.10 bits per heavy atom. The van der Waals surface area contributed by atoms with Crippen LogP contribution in [-0.2, 0) is 5.41 Å². The van der Waals surface area contributed by atoms with Gasteiger partial charge in [0.15, 0.2) is 5.82 Å². The lowest BCUT2D eigenvalue weighted by Crippen LogP contribution is -2.35. The van der Waals surface area contributed by atoms with Gasteiger partial charge in [0.2, 0.25) is 0 Å². The molecular weight excluding hydrogens is 739 g/mol. The average molecular weight is 772 g/mol. The Hall–Kier alpha value is -7.34. The summed E-state index contributed by atoms with van der Waals surface area (Å²) >= 11 is 1.84. The Bertz CT molecular complexity index is 3300. The van der Waals surface area contributed by atoms with Crippen molar-refractivity contribution in [1.82, 2.24) is 15.0 Å². The molecule has 2 aliphatic rings. The summed E-state index contributed by atoms with van der Waals surface area (Å²) in [5, 5.41) is 2.25. The number of furan rings is 1. The summed E-state index contributed by atoms with van der Waals surface area (Å²) in [5.74, 6) is 0.670. The summed E-state index contributed by atoms with van der Waals surface area (Å²) in [5.41, 5.74) is 15.2. The lowest BCUT2D eigenvalue weighted by atomic mass is 9.63. The van der Waals surface area contributed by atoms with Crippen molar-refractivity contribution in [3.8, 4) is 45.0 Å². The van der Waals surface area contributed by atoms with Crippen molar-refractivity contribution < 1.29 is 4.42 Å². The molecule has 10 aromatic rings. The second-order valence-electron chi connectivity index (χ2n) is 15.2. The van der Waals surface area contributed by atoms with Gasteiger partial charge in [-0.05, 0) is 87.0 Å². The van der Waals surface area contributed by atoms with E-state index >= 15 is 0 Å². The highest BCUT2D eigenvalue weighted by atomic mass is 32.2. The number of rotatable bonds is 4. The maximum absolute atomic E-state index is 6.64. The van der Waals surface area contributed by atoms with Crippen LogP contribution in [0.4, 0.5) is 0 Å². The van der Waals surface area contributed by atoms with Crippen LogP contribution in [0, 0.1) is 0 Å². The molecule has 7 aromatic carbocycles. The first-order valence-corrected chi connectivity index (χ1v) is 20.6. The van der Waals surface area contributed by atoms with E-state index in [0.717, 1.165) is 66.7 Å². The molecule has 12 rings (SSSR count). The Morgan fingerprint density at radius 3 is 1.93 bits per heavy atom. The van der Waals surface area contributed by atoms with Crippen molar-refractivity contribution in [1.29, 1.82) is 0 Å². The van der Waals surface area contributed by atoms with Crippen molar-refractivity contribution in [2.45, 2.75) is 15.2 Å². The molecule has 0 saturated heterocycles. The molecule has 276 valence electrons. The van der Waals surface area contributed by atoms with Crippen molar-refractivity contribution in [2.75, 3.05) is 0 Å². The fraction of sp³-hybridized carbons (Fsp3) is 0.0185. The van der Waals surface area contributed by atoms with Crippen LogP contribution in [0.2, 0.25) is 0 Å². The van der Waals surface area contributed by atoms with Crippen LogP contribution < -0.4 is 0 Å². The van der Waals surface area contributed by atoms with E-state index in [1.165, 1.54) is 37.6 Å².